The Balaban J connectivity index is 0.000000178. The third kappa shape index (κ3) is 7.72. The van der Waals surface area contributed by atoms with Crippen LogP contribution in [0.4, 0.5) is 12.0 Å². The van der Waals surface area contributed by atoms with Crippen molar-refractivity contribution in [1.29, 1.82) is 0 Å². The first-order valence-corrected chi connectivity index (χ1v) is 17.6. The van der Waals surface area contributed by atoms with Crippen molar-refractivity contribution in [1.82, 2.24) is 20.2 Å². The van der Waals surface area contributed by atoms with Gasteiger partial charge in [0, 0.05) is 32.2 Å². The molecule has 0 bridgehead atoms. The molecule has 0 spiro atoms. The van der Waals surface area contributed by atoms with Crippen molar-refractivity contribution < 1.29 is 23.5 Å². The Kier molecular flexibility index (Phi) is 10.1. The van der Waals surface area contributed by atoms with E-state index in [1.54, 1.807) is 4.90 Å². The molecule has 3 saturated heterocycles. The van der Waals surface area contributed by atoms with E-state index in [-0.39, 0.29) is 18.0 Å². The second kappa shape index (κ2) is 15.1. The molecule has 5 heterocycles. The number of nitrogens with one attached hydrogen (secondary N) is 1. The number of rotatable bonds is 7. The van der Waals surface area contributed by atoms with Gasteiger partial charge in [0.2, 0.25) is 5.91 Å². The van der Waals surface area contributed by atoms with Crippen LogP contribution in [0.25, 0.3) is 22.2 Å². The molecule has 3 aliphatic heterocycles. The number of para-hydroxylation sites is 4. The second-order valence-electron chi connectivity index (χ2n) is 13.2. The van der Waals surface area contributed by atoms with Crippen molar-refractivity contribution in [2.24, 2.45) is 0 Å². The van der Waals surface area contributed by atoms with Gasteiger partial charge in [0.15, 0.2) is 11.2 Å². The number of piperidine rings is 3. The maximum atomic E-state index is 13.3. The topological polar surface area (TPSA) is 128 Å². The number of benzene rings is 3. The number of aliphatic carboxylic acids is 1. The number of hydrogen-bond acceptors (Lipinski definition) is 9. The van der Waals surface area contributed by atoms with Crippen LogP contribution >= 0.6 is 0 Å². The number of anilines is 2. The Hall–Kier alpha value is -4.90. The van der Waals surface area contributed by atoms with Crippen LogP contribution in [0, 0.1) is 0 Å². The summed E-state index contributed by atoms with van der Waals surface area (Å²) < 4.78 is 11.6. The molecule has 11 nitrogen and oxygen atoms in total. The van der Waals surface area contributed by atoms with E-state index in [0.29, 0.717) is 30.6 Å². The lowest BCUT2D eigenvalue weighted by atomic mass is 10.00. The predicted molar refractivity (Wildman–Crippen MR) is 189 cm³/mol. The summed E-state index contributed by atoms with van der Waals surface area (Å²) in [6.45, 7) is 4.40. The number of nitrogens with zero attached hydrogens (tertiary/aromatic N) is 5. The van der Waals surface area contributed by atoms with Crippen molar-refractivity contribution >= 4 is 46.1 Å². The third-order valence-electron chi connectivity index (χ3n) is 9.75. The fourth-order valence-corrected chi connectivity index (χ4v) is 7.27. The van der Waals surface area contributed by atoms with Crippen molar-refractivity contribution in [2.45, 2.75) is 76.0 Å². The Morgan fingerprint density at radius 1 is 0.694 bits per heavy atom. The lowest BCUT2D eigenvalue weighted by Gasteiger charge is -2.37. The Morgan fingerprint density at radius 2 is 1.27 bits per heavy atom. The van der Waals surface area contributed by atoms with Gasteiger partial charge >= 0.3 is 5.97 Å². The Bertz CT molecular complexity index is 1790. The molecule has 0 saturated carbocycles. The molecule has 11 heteroatoms. The summed E-state index contributed by atoms with van der Waals surface area (Å²) in [5.74, 6) is -0.703. The maximum Gasteiger partial charge on any atom is 0.326 e. The summed E-state index contributed by atoms with van der Waals surface area (Å²) in [4.78, 5) is 39.8. The van der Waals surface area contributed by atoms with Gasteiger partial charge in [-0.15, -0.1) is 0 Å². The molecule has 3 fully saturated rings. The van der Waals surface area contributed by atoms with Crippen molar-refractivity contribution in [3.8, 4) is 0 Å². The van der Waals surface area contributed by atoms with Gasteiger partial charge in [0.1, 0.15) is 23.1 Å². The SMILES string of the molecule is O=C(NC1CCCN(Cc2ccccc2)C1)[C@@H]1CCCCN1c1nc2ccccc2o1.O=C(O)[C@@H]1CCCCN1c1nc2ccccc2o1. The van der Waals surface area contributed by atoms with Crippen molar-refractivity contribution in [3.63, 3.8) is 0 Å². The van der Waals surface area contributed by atoms with E-state index < -0.39 is 12.0 Å². The lowest BCUT2D eigenvalue weighted by molar-refractivity contribution is -0.139. The third-order valence-corrected chi connectivity index (χ3v) is 9.75. The fourth-order valence-electron chi connectivity index (χ4n) is 7.27. The number of hydrogen-bond donors (Lipinski definition) is 2. The van der Waals surface area contributed by atoms with Crippen LogP contribution in [-0.4, -0.2) is 76.2 Å². The highest BCUT2D eigenvalue weighted by Crippen LogP contribution is 2.29. The molecule has 2 N–H and O–H groups in total. The van der Waals surface area contributed by atoms with Crippen LogP contribution in [0.5, 0.6) is 0 Å². The number of carbonyl (C=O) groups is 2. The molecule has 49 heavy (non-hydrogen) atoms. The summed E-state index contributed by atoms with van der Waals surface area (Å²) in [5.41, 5.74) is 4.39. The number of carboxylic acid groups (broad SMARTS) is 1. The number of carbonyl (C=O) groups excluding carboxylic acids is 1. The van der Waals surface area contributed by atoms with Gasteiger partial charge in [0.25, 0.3) is 12.0 Å². The lowest BCUT2D eigenvalue weighted by Crippen LogP contribution is -2.55. The number of aromatic nitrogens is 2. The molecule has 3 aromatic carbocycles. The zero-order chi connectivity index (χ0) is 33.6. The molecule has 1 amide bonds. The molecule has 0 radical (unpaired) electrons. The number of oxazole rings is 2. The average molecular weight is 665 g/mol. The van der Waals surface area contributed by atoms with E-state index in [4.69, 9.17) is 8.83 Å². The Labute approximate surface area is 285 Å². The van der Waals surface area contributed by atoms with E-state index in [2.05, 4.69) is 55.4 Å². The van der Waals surface area contributed by atoms with Crippen LogP contribution in [0.15, 0.2) is 87.7 Å². The smallest absolute Gasteiger partial charge is 0.326 e. The van der Waals surface area contributed by atoms with Crippen LogP contribution in [-0.2, 0) is 16.1 Å². The zero-order valence-corrected chi connectivity index (χ0v) is 27.7. The normalized spacial score (nSPS) is 21.7. The largest absolute Gasteiger partial charge is 0.480 e. The minimum atomic E-state index is -0.808. The van der Waals surface area contributed by atoms with Crippen LogP contribution in [0.3, 0.4) is 0 Å². The van der Waals surface area contributed by atoms with Crippen LogP contribution < -0.4 is 15.1 Å². The van der Waals surface area contributed by atoms with E-state index in [1.165, 1.54) is 5.56 Å². The van der Waals surface area contributed by atoms with Crippen molar-refractivity contribution in [3.05, 3.63) is 84.4 Å². The highest BCUT2D eigenvalue weighted by atomic mass is 16.4. The van der Waals surface area contributed by atoms with Gasteiger partial charge in [-0.3, -0.25) is 9.69 Å². The highest BCUT2D eigenvalue weighted by molar-refractivity contribution is 5.86. The molecule has 3 aliphatic rings. The van der Waals surface area contributed by atoms with E-state index in [0.717, 1.165) is 87.7 Å². The van der Waals surface area contributed by atoms with Crippen LogP contribution in [0.2, 0.25) is 0 Å². The van der Waals surface area contributed by atoms with Crippen molar-refractivity contribution in [2.75, 3.05) is 36.0 Å². The standard InChI is InChI=1S/C25H30N4O2.C13H14N2O3/c30-24(26-20-11-8-15-28(18-20)17-19-9-2-1-3-10-19)22-13-6-7-16-29(22)25-27-21-12-4-5-14-23(21)31-25;16-12(17)10-6-3-4-8-15(10)13-14-9-5-1-2-7-11(9)18-13/h1-5,9-10,12,14,20,22H,6-8,11,13,15-18H2,(H,26,30);1-2,5,7,10H,3-4,6,8H2,(H,16,17)/t20?,22-;10-/m00/s1. The van der Waals surface area contributed by atoms with Gasteiger partial charge in [-0.25, -0.2) is 4.79 Å². The molecular weight excluding hydrogens is 620 g/mol. The zero-order valence-electron chi connectivity index (χ0n) is 27.7. The number of likely N-dealkylation sites (tertiary alicyclic amines) is 1. The molecule has 256 valence electrons. The molecule has 0 aliphatic carbocycles. The number of fused-ring (bicyclic) bond motifs is 2. The molecule has 5 aromatic rings. The second-order valence-corrected chi connectivity index (χ2v) is 13.2. The summed E-state index contributed by atoms with van der Waals surface area (Å²) in [6, 6.07) is 26.2. The molecule has 3 atom stereocenters. The minimum absolute atomic E-state index is 0.105. The first-order chi connectivity index (χ1) is 24.0. The molecule has 8 rings (SSSR count). The Morgan fingerprint density at radius 3 is 1.88 bits per heavy atom. The van der Waals surface area contributed by atoms with Gasteiger partial charge in [-0.1, -0.05) is 54.6 Å². The van der Waals surface area contributed by atoms with Gasteiger partial charge < -0.3 is 29.1 Å². The summed E-state index contributed by atoms with van der Waals surface area (Å²) in [5, 5.41) is 12.6. The summed E-state index contributed by atoms with van der Waals surface area (Å²) in [6.07, 6.45) is 7.65. The summed E-state index contributed by atoms with van der Waals surface area (Å²) in [7, 11) is 0. The highest BCUT2D eigenvalue weighted by Gasteiger charge is 2.34. The molecule has 2 aromatic heterocycles. The van der Waals surface area contributed by atoms with Crippen LogP contribution in [0.1, 0.15) is 56.9 Å². The minimum Gasteiger partial charge on any atom is -0.480 e. The quantitative estimate of drug-likeness (QED) is 0.206. The number of carboxylic acids is 1. The fraction of sp³-hybridized carbons (Fsp3) is 0.421. The average Bonchev–Trinajstić information content (AvgIpc) is 3.77. The summed E-state index contributed by atoms with van der Waals surface area (Å²) >= 11 is 0. The van der Waals surface area contributed by atoms with E-state index >= 15 is 0 Å². The monoisotopic (exact) mass is 664 g/mol. The van der Waals surface area contributed by atoms with E-state index in [1.807, 2.05) is 48.5 Å². The maximum absolute atomic E-state index is 13.3. The number of amides is 1. The van der Waals surface area contributed by atoms with Gasteiger partial charge in [-0.2, -0.15) is 9.97 Å². The predicted octanol–water partition coefficient (Wildman–Crippen LogP) is 6.24. The molecular formula is C38H44N6O5. The van der Waals surface area contributed by atoms with E-state index in [9.17, 15) is 14.7 Å². The molecule has 1 unspecified atom stereocenters. The van der Waals surface area contributed by atoms with Gasteiger partial charge in [0.05, 0.1) is 0 Å². The first kappa shape index (κ1) is 32.6. The van der Waals surface area contributed by atoms with Gasteiger partial charge in [-0.05, 0) is 87.7 Å². The first-order valence-electron chi connectivity index (χ1n) is 17.6.